The van der Waals surface area contributed by atoms with E-state index < -0.39 is 262 Å². The van der Waals surface area contributed by atoms with Crippen molar-refractivity contribution < 1.29 is 91.7 Å². The van der Waals surface area contributed by atoms with Crippen LogP contribution in [0.15, 0.2) is 24.8 Å². The third kappa shape index (κ3) is 24.8. The monoisotopic (exact) mass is 1320 g/mol. The van der Waals surface area contributed by atoms with Gasteiger partial charge in [-0.2, -0.15) is 19.9 Å². The summed E-state index contributed by atoms with van der Waals surface area (Å²) in [5.74, 6) is -17.8. The standard InChI is InChI=1S/4C16H27N5O2/c4*1-9-5-6-10(7-12(9)22)19-14-11(13(17)23)8-18-15(20-14)21-16(2,3)4/h4*8-10,12,22H,5-7H2,1-4H3,(H2,17,23)(H2,18,19,20,21)/i1D2,5D2,6D2,7D2,9D,10D,12D;1D,5D2,6D2,7D2,9D,10D,12D;1D3,5D,6D2,7D2,10D;1D3,6D2,7D2,10D. The van der Waals surface area contributed by atoms with E-state index in [0.29, 0.717) is 0 Å². The van der Waals surface area contributed by atoms with E-state index in [2.05, 4.69) is 71.8 Å². The summed E-state index contributed by atoms with van der Waals surface area (Å²) in [5.41, 5.74) is 17.3. The Labute approximate surface area is 596 Å². The number of nitrogens with two attached hydrogens (primary N) is 4. The van der Waals surface area contributed by atoms with Crippen LogP contribution in [-0.2, 0) is 0 Å². The number of primary amides is 4. The molecule has 0 aromatic carbocycles. The number of aromatic nitrogens is 8. The molecular formula is C64H108N20O8. The average Bonchev–Trinajstić information content (AvgIpc) is 0.659. The zero-order valence-corrected chi connectivity index (χ0v) is 52.5. The van der Waals surface area contributed by atoms with Crippen LogP contribution in [0.4, 0.5) is 47.1 Å². The molecule has 13 unspecified atom stereocenters. The van der Waals surface area contributed by atoms with Crippen LogP contribution in [0.1, 0.15) is 281 Å². The van der Waals surface area contributed by atoms with Crippen LogP contribution in [0.5, 0.6) is 0 Å². The molecule has 4 saturated carbocycles. The number of hydrogen-bond donors (Lipinski definition) is 16. The molecule has 4 aliphatic rings. The summed E-state index contributed by atoms with van der Waals surface area (Å²) >= 11 is 0. The van der Waals surface area contributed by atoms with Gasteiger partial charge in [0.25, 0.3) is 23.6 Å². The Bertz CT molecular complexity index is 4780. The van der Waals surface area contributed by atoms with Crippen LogP contribution in [-0.4, -0.2) is 155 Å². The third-order valence-electron chi connectivity index (χ3n) is 11.0. The highest BCUT2D eigenvalue weighted by molar-refractivity contribution is 5.99. The zero-order valence-electron chi connectivity index (χ0n) is 90.5. The first-order valence-electron chi connectivity index (χ1n) is 47.1. The van der Waals surface area contributed by atoms with Crippen molar-refractivity contribution in [1.82, 2.24) is 39.9 Å². The molecule has 28 heteroatoms. The van der Waals surface area contributed by atoms with Gasteiger partial charge in [0.05, 0.1) is 54.8 Å². The Morgan fingerprint density at radius 1 is 0.457 bits per heavy atom. The summed E-state index contributed by atoms with van der Waals surface area (Å²) in [6.07, 6.45) is -46.2. The number of nitrogens with zero attached hydrogens (tertiary/aromatic N) is 8. The minimum Gasteiger partial charge on any atom is -0.393 e. The SMILES string of the molecule is [2H]C([2H])([2H])C1CC([2H])([2H])C([2H])(Nc2nc(NC(C)(C)C)ncc2C(N)=O)C([2H])([2H])C1O.[2H]C([2H])C1([2H])C([2H])([2H])C([2H])([2H])C([2H])(Nc2nc(NC(C)(C)C)ncc2C(N)=O)C([2H])([2H])C1([2H])O.[2H]C1C(C([2H])([2H])[2H])C(O)C([2H])([2H])C([2H])(Nc2nc(NC(C)(C)C)ncc2C(N)=O)C1([2H])[2H].[2H]CC1([2H])C([2H])([2H])C([2H])([2H])C([2H])(Nc2nc(NC(C)(C)C)ncc2C(N)=O)C([2H])([2H])C1([2H])O. The van der Waals surface area contributed by atoms with Crippen molar-refractivity contribution in [3.05, 3.63) is 47.0 Å². The van der Waals surface area contributed by atoms with E-state index in [-0.39, 0.29) is 29.4 Å². The largest absolute Gasteiger partial charge is 0.393 e. The van der Waals surface area contributed by atoms with E-state index in [0.717, 1.165) is 24.8 Å². The molecule has 0 saturated heterocycles. The Morgan fingerprint density at radius 2 is 0.761 bits per heavy atom. The van der Waals surface area contributed by atoms with Gasteiger partial charge in [0.2, 0.25) is 23.8 Å². The van der Waals surface area contributed by atoms with Crippen molar-refractivity contribution in [2.24, 2.45) is 46.6 Å². The van der Waals surface area contributed by atoms with Crippen molar-refractivity contribution in [2.75, 3.05) is 42.5 Å². The number of carbonyl (C=O) groups excluding carboxylic acids is 4. The molecule has 8 rings (SSSR count). The normalized spacial score (nSPS) is 44.0. The lowest BCUT2D eigenvalue weighted by Crippen LogP contribution is -2.36. The Hall–Kier alpha value is -7.56. The van der Waals surface area contributed by atoms with Gasteiger partial charge in [-0.25, -0.2) is 19.9 Å². The van der Waals surface area contributed by atoms with Crippen LogP contribution < -0.4 is 65.5 Å². The summed E-state index contributed by atoms with van der Waals surface area (Å²) < 4.78 is 309. The van der Waals surface area contributed by atoms with Gasteiger partial charge >= 0.3 is 0 Å². The van der Waals surface area contributed by atoms with Crippen molar-refractivity contribution >= 4 is 70.7 Å². The molecule has 20 N–H and O–H groups in total. The molecule has 512 valence electrons. The number of aliphatic hydroxyl groups excluding tert-OH is 2. The summed E-state index contributed by atoms with van der Waals surface area (Å²) in [6, 6.07) is -13.2. The van der Waals surface area contributed by atoms with Crippen LogP contribution in [0.2, 0.25) is 0 Å². The van der Waals surface area contributed by atoms with E-state index in [1.165, 1.54) is 0 Å². The molecule has 4 aromatic heterocycles. The fourth-order valence-corrected chi connectivity index (χ4v) is 6.96. The summed E-state index contributed by atoms with van der Waals surface area (Å²) in [7, 11) is 0. The number of rotatable bonds is 16. The first kappa shape index (κ1) is 36.8. The smallest absolute Gasteiger partial charge is 0.254 e. The maximum atomic E-state index is 11.9. The molecule has 4 aromatic rings. The molecule has 0 spiro atoms. The highest BCUT2D eigenvalue weighted by atomic mass is 16.3. The predicted molar refractivity (Wildman–Crippen MR) is 361 cm³/mol. The van der Waals surface area contributed by atoms with Gasteiger partial charge in [-0.3, -0.25) is 19.2 Å². The van der Waals surface area contributed by atoms with Gasteiger partial charge in [-0.05, 0) is 183 Å². The predicted octanol–water partition coefficient (Wildman–Crippen LogP) is 6.99. The molecule has 13 atom stereocenters. The van der Waals surface area contributed by atoms with E-state index in [4.69, 9.17) is 75.0 Å². The topological polar surface area (TPSA) is 453 Å². The molecule has 0 bridgehead atoms. The summed E-state index contributed by atoms with van der Waals surface area (Å²) in [4.78, 5) is 79.2. The average molecular weight is 1320 g/mol. The fourth-order valence-electron chi connectivity index (χ4n) is 6.96. The number of hydrogen-bond acceptors (Lipinski definition) is 24. The van der Waals surface area contributed by atoms with E-state index in [1.807, 2.05) is 10.6 Å². The molecule has 4 fully saturated rings. The second kappa shape index (κ2) is 32.3. The lowest BCUT2D eigenvalue weighted by Gasteiger charge is -2.32. The number of amides is 4. The van der Waals surface area contributed by atoms with Gasteiger partial charge in [0.15, 0.2) is 0 Å². The first-order chi connectivity index (χ1) is 57.4. The second-order valence-electron chi connectivity index (χ2n) is 24.1. The number of anilines is 8. The van der Waals surface area contributed by atoms with Crippen LogP contribution in [0.25, 0.3) is 0 Å². The minimum absolute atomic E-state index is 0.00134. The van der Waals surface area contributed by atoms with Crippen LogP contribution in [0.3, 0.4) is 0 Å². The maximum absolute atomic E-state index is 11.9. The van der Waals surface area contributed by atoms with Crippen LogP contribution >= 0.6 is 0 Å². The zero-order chi connectivity index (χ0) is 102. The molecular weight excluding hydrogens is 1180 g/mol. The van der Waals surface area contributed by atoms with Gasteiger partial charge in [-0.15, -0.1) is 0 Å². The Balaban J connectivity index is 0.000000307. The van der Waals surface area contributed by atoms with Crippen LogP contribution in [0, 0.1) is 23.6 Å². The fraction of sp³-hybridized carbons (Fsp3) is 0.688. The number of nitrogens with one attached hydrogen (secondary N) is 8. The molecule has 0 aliphatic heterocycles. The highest BCUT2D eigenvalue weighted by Gasteiger charge is 2.32. The molecule has 0 radical (unpaired) electrons. The molecule has 4 aliphatic carbocycles. The lowest BCUT2D eigenvalue weighted by molar-refractivity contribution is 0.0737. The quantitative estimate of drug-likeness (QED) is 0.0537. The molecule has 4 amide bonds. The minimum atomic E-state index is -4.00. The van der Waals surface area contributed by atoms with Crippen molar-refractivity contribution in [3.63, 3.8) is 0 Å². The first-order valence-corrected chi connectivity index (χ1v) is 27.7. The highest BCUT2D eigenvalue weighted by Crippen LogP contribution is 2.32. The van der Waals surface area contributed by atoms with Crippen molar-refractivity contribution in [2.45, 2.75) is 258 Å². The van der Waals surface area contributed by atoms with Gasteiger partial charge in [0.1, 0.15) is 23.3 Å². The second-order valence-corrected chi connectivity index (χ2v) is 24.1. The van der Waals surface area contributed by atoms with E-state index >= 15 is 0 Å². The Kier molecular flexibility index (Phi) is 12.9. The summed E-state index contributed by atoms with van der Waals surface area (Å²) in [5, 5.41) is 62.4. The van der Waals surface area contributed by atoms with Gasteiger partial charge in [0, 0.05) is 115 Å². The number of aliphatic hydroxyl groups is 4. The van der Waals surface area contributed by atoms with Gasteiger partial charge < -0.3 is 85.9 Å². The summed E-state index contributed by atoms with van der Waals surface area (Å²) in [6.45, 7) is 11.2. The Morgan fingerprint density at radius 3 is 1.07 bits per heavy atom. The van der Waals surface area contributed by atoms with E-state index in [1.54, 1.807) is 83.1 Å². The lowest BCUT2D eigenvalue weighted by atomic mass is 9.85. The van der Waals surface area contributed by atoms with Crippen molar-refractivity contribution in [1.29, 1.82) is 0 Å². The molecule has 4 heterocycles. The van der Waals surface area contributed by atoms with Crippen molar-refractivity contribution in [3.8, 4) is 0 Å². The number of carbonyl (C=O) groups is 4. The third-order valence-corrected chi connectivity index (χ3v) is 11.0. The van der Waals surface area contributed by atoms with Gasteiger partial charge in [-0.1, -0.05) is 27.5 Å². The van der Waals surface area contributed by atoms with E-state index in [9.17, 15) is 39.6 Å². The molecule has 92 heavy (non-hydrogen) atoms. The maximum Gasteiger partial charge on any atom is 0.254 e. The molecule has 28 nitrogen and oxygen atoms in total.